The van der Waals surface area contributed by atoms with Gasteiger partial charge in [0, 0.05) is 50.4 Å². The maximum absolute atomic E-state index is 12.4. The van der Waals surface area contributed by atoms with Crippen molar-refractivity contribution < 1.29 is 4.79 Å². The number of pyridine rings is 1. The minimum absolute atomic E-state index is 0.0688. The molecule has 2 saturated heterocycles. The molecule has 0 aliphatic carbocycles. The minimum atomic E-state index is 0.0688. The Morgan fingerprint density at radius 3 is 2.55 bits per heavy atom. The van der Waals surface area contributed by atoms with Crippen molar-refractivity contribution in [3.05, 3.63) is 41.3 Å². The van der Waals surface area contributed by atoms with Crippen molar-refractivity contribution in [2.24, 2.45) is 11.8 Å². The molecule has 6 nitrogen and oxygen atoms in total. The monoisotopic (exact) mass is 317 g/mol. The number of amides is 1. The fourth-order valence-electron chi connectivity index (χ4n) is 3.45. The molecule has 2 aromatic rings. The fourth-order valence-corrected chi connectivity index (χ4v) is 3.56. The SMILES string of the molecule is O=C(c1cn[nH]c1)N1CC2CN(c3ccc(Cl)cn3)CC2C1. The van der Waals surface area contributed by atoms with Gasteiger partial charge in [0.1, 0.15) is 5.82 Å². The molecule has 0 radical (unpaired) electrons. The molecule has 2 aromatic heterocycles. The van der Waals surface area contributed by atoms with Crippen LogP contribution in [-0.4, -0.2) is 52.2 Å². The highest BCUT2D eigenvalue weighted by Crippen LogP contribution is 2.34. The third kappa shape index (κ3) is 2.33. The van der Waals surface area contributed by atoms with Gasteiger partial charge in [0.15, 0.2) is 0 Å². The number of aromatic amines is 1. The summed E-state index contributed by atoms with van der Waals surface area (Å²) in [6.07, 6.45) is 4.92. The molecule has 2 fully saturated rings. The second-order valence-electron chi connectivity index (χ2n) is 5.96. The van der Waals surface area contributed by atoms with E-state index in [1.54, 1.807) is 18.6 Å². The Hall–Kier alpha value is -2.08. The van der Waals surface area contributed by atoms with Crippen molar-refractivity contribution >= 4 is 23.3 Å². The Balaban J connectivity index is 1.42. The molecular weight excluding hydrogens is 302 g/mol. The average molecular weight is 318 g/mol. The van der Waals surface area contributed by atoms with E-state index in [0.717, 1.165) is 32.0 Å². The van der Waals surface area contributed by atoms with E-state index in [9.17, 15) is 4.79 Å². The predicted octanol–water partition coefficient (Wildman–Crippen LogP) is 1.67. The highest BCUT2D eigenvalue weighted by molar-refractivity contribution is 6.30. The Morgan fingerprint density at radius 1 is 1.18 bits per heavy atom. The van der Waals surface area contributed by atoms with E-state index in [1.165, 1.54) is 0 Å². The topological polar surface area (TPSA) is 65.1 Å². The number of anilines is 1. The van der Waals surface area contributed by atoms with Gasteiger partial charge in [-0.2, -0.15) is 5.10 Å². The van der Waals surface area contributed by atoms with Crippen LogP contribution < -0.4 is 4.90 Å². The zero-order chi connectivity index (χ0) is 15.1. The van der Waals surface area contributed by atoms with Gasteiger partial charge in [-0.05, 0) is 12.1 Å². The summed E-state index contributed by atoms with van der Waals surface area (Å²) in [5.74, 6) is 2.05. The van der Waals surface area contributed by atoms with Crippen molar-refractivity contribution in [2.45, 2.75) is 0 Å². The molecule has 4 heterocycles. The standard InChI is InChI=1S/C15H16ClN5O/c16-13-1-2-14(17-5-13)20-6-11-8-21(9-12(11)7-20)15(22)10-3-18-19-4-10/h1-5,11-12H,6-9H2,(H,18,19). The van der Waals surface area contributed by atoms with Crippen molar-refractivity contribution in [3.8, 4) is 0 Å². The molecule has 4 rings (SSSR count). The van der Waals surface area contributed by atoms with Crippen LogP contribution in [0.1, 0.15) is 10.4 Å². The molecule has 2 unspecified atom stereocenters. The number of nitrogens with one attached hydrogen (secondary N) is 1. The largest absolute Gasteiger partial charge is 0.356 e. The summed E-state index contributed by atoms with van der Waals surface area (Å²) >= 11 is 5.88. The van der Waals surface area contributed by atoms with Crippen molar-refractivity contribution in [1.82, 2.24) is 20.1 Å². The number of aromatic nitrogens is 3. The van der Waals surface area contributed by atoms with Crippen LogP contribution in [0.4, 0.5) is 5.82 Å². The summed E-state index contributed by atoms with van der Waals surface area (Å²) < 4.78 is 0. The van der Waals surface area contributed by atoms with Gasteiger partial charge in [0.25, 0.3) is 5.91 Å². The van der Waals surface area contributed by atoms with E-state index in [1.807, 2.05) is 17.0 Å². The molecule has 1 N–H and O–H groups in total. The molecule has 2 atom stereocenters. The first-order valence-electron chi connectivity index (χ1n) is 7.35. The molecule has 2 aliphatic heterocycles. The van der Waals surface area contributed by atoms with E-state index in [4.69, 9.17) is 11.6 Å². The third-order valence-electron chi connectivity index (χ3n) is 4.55. The lowest BCUT2D eigenvalue weighted by Gasteiger charge is -2.22. The molecule has 1 amide bonds. The van der Waals surface area contributed by atoms with Crippen molar-refractivity contribution in [1.29, 1.82) is 0 Å². The maximum atomic E-state index is 12.4. The molecule has 22 heavy (non-hydrogen) atoms. The number of carbonyl (C=O) groups excluding carboxylic acids is 1. The zero-order valence-electron chi connectivity index (χ0n) is 11.9. The van der Waals surface area contributed by atoms with Crippen LogP contribution in [0.5, 0.6) is 0 Å². The van der Waals surface area contributed by atoms with E-state index in [0.29, 0.717) is 22.4 Å². The van der Waals surface area contributed by atoms with Crippen LogP contribution >= 0.6 is 11.6 Å². The highest BCUT2D eigenvalue weighted by Gasteiger charge is 2.42. The number of fused-ring (bicyclic) bond motifs is 1. The second kappa shape index (κ2) is 5.28. The Bertz CT molecular complexity index is 658. The lowest BCUT2D eigenvalue weighted by Crippen LogP contribution is -2.33. The van der Waals surface area contributed by atoms with E-state index in [-0.39, 0.29) is 5.91 Å². The van der Waals surface area contributed by atoms with E-state index >= 15 is 0 Å². The zero-order valence-corrected chi connectivity index (χ0v) is 12.7. The maximum Gasteiger partial charge on any atom is 0.257 e. The third-order valence-corrected chi connectivity index (χ3v) is 4.78. The smallest absolute Gasteiger partial charge is 0.257 e. The van der Waals surface area contributed by atoms with Gasteiger partial charge >= 0.3 is 0 Å². The van der Waals surface area contributed by atoms with E-state index in [2.05, 4.69) is 20.1 Å². The summed E-state index contributed by atoms with van der Waals surface area (Å²) in [5, 5.41) is 7.19. The summed E-state index contributed by atoms with van der Waals surface area (Å²) in [7, 11) is 0. The van der Waals surface area contributed by atoms with Gasteiger partial charge in [-0.3, -0.25) is 9.89 Å². The first kappa shape index (κ1) is 13.6. The van der Waals surface area contributed by atoms with Crippen molar-refractivity contribution in [3.63, 3.8) is 0 Å². The average Bonchev–Trinajstić information content (AvgIpc) is 3.23. The Labute approximate surface area is 133 Å². The van der Waals surface area contributed by atoms with Crippen LogP contribution in [0.25, 0.3) is 0 Å². The first-order chi connectivity index (χ1) is 10.7. The molecule has 0 bridgehead atoms. The van der Waals surface area contributed by atoms with Gasteiger partial charge in [-0.25, -0.2) is 4.98 Å². The van der Waals surface area contributed by atoms with E-state index < -0.39 is 0 Å². The number of hydrogen-bond donors (Lipinski definition) is 1. The minimum Gasteiger partial charge on any atom is -0.356 e. The molecule has 2 aliphatic rings. The number of hydrogen-bond acceptors (Lipinski definition) is 4. The number of nitrogens with zero attached hydrogens (tertiary/aromatic N) is 4. The quantitative estimate of drug-likeness (QED) is 0.915. The normalized spacial score (nSPS) is 23.9. The van der Waals surface area contributed by atoms with Crippen LogP contribution in [0.3, 0.4) is 0 Å². The summed E-state index contributed by atoms with van der Waals surface area (Å²) in [5.41, 5.74) is 0.635. The number of H-pyrrole nitrogens is 1. The predicted molar refractivity (Wildman–Crippen MR) is 82.9 cm³/mol. The van der Waals surface area contributed by atoms with Crippen molar-refractivity contribution in [2.75, 3.05) is 31.1 Å². The van der Waals surface area contributed by atoms with Gasteiger partial charge < -0.3 is 9.80 Å². The summed E-state index contributed by atoms with van der Waals surface area (Å²) in [6.45, 7) is 3.49. The van der Waals surface area contributed by atoms with Crippen LogP contribution in [-0.2, 0) is 0 Å². The van der Waals surface area contributed by atoms with Crippen LogP contribution in [0, 0.1) is 11.8 Å². The number of carbonyl (C=O) groups is 1. The number of rotatable bonds is 2. The molecule has 0 saturated carbocycles. The molecule has 0 spiro atoms. The molecular formula is C15H16ClN5O. The lowest BCUT2D eigenvalue weighted by atomic mass is 10.0. The van der Waals surface area contributed by atoms with Gasteiger partial charge in [0.05, 0.1) is 16.8 Å². The molecule has 0 aromatic carbocycles. The lowest BCUT2D eigenvalue weighted by molar-refractivity contribution is 0.0782. The Morgan fingerprint density at radius 2 is 1.95 bits per heavy atom. The van der Waals surface area contributed by atoms with Gasteiger partial charge in [-0.1, -0.05) is 11.6 Å². The first-order valence-corrected chi connectivity index (χ1v) is 7.73. The highest BCUT2D eigenvalue weighted by atomic mass is 35.5. The van der Waals surface area contributed by atoms with Gasteiger partial charge in [-0.15, -0.1) is 0 Å². The summed E-state index contributed by atoms with van der Waals surface area (Å²) in [6, 6.07) is 3.82. The summed E-state index contributed by atoms with van der Waals surface area (Å²) in [4.78, 5) is 21.0. The van der Waals surface area contributed by atoms with Gasteiger partial charge in [0.2, 0.25) is 0 Å². The fraction of sp³-hybridized carbons (Fsp3) is 0.400. The van der Waals surface area contributed by atoms with Crippen LogP contribution in [0.15, 0.2) is 30.7 Å². The Kier molecular flexibility index (Phi) is 3.26. The second-order valence-corrected chi connectivity index (χ2v) is 6.39. The molecule has 7 heteroatoms. The number of likely N-dealkylation sites (tertiary alicyclic amines) is 1. The van der Waals surface area contributed by atoms with Crippen LogP contribution in [0.2, 0.25) is 5.02 Å². The molecule has 114 valence electrons. The number of halogens is 1.